The molecule has 0 spiro atoms. The van der Waals surface area contributed by atoms with Gasteiger partial charge in [0, 0.05) is 17.1 Å². The molecule has 0 aliphatic rings. The van der Waals surface area contributed by atoms with Gasteiger partial charge in [-0.05, 0) is 12.1 Å². The maximum atomic E-state index is 5.85. The molecule has 0 aliphatic heterocycles. The highest BCUT2D eigenvalue weighted by Gasteiger charge is 2.07. The van der Waals surface area contributed by atoms with Crippen LogP contribution in [0.5, 0.6) is 5.75 Å². The predicted octanol–water partition coefficient (Wildman–Crippen LogP) is 2.46. The van der Waals surface area contributed by atoms with Crippen molar-refractivity contribution in [2.75, 3.05) is 7.11 Å². The quantitative estimate of drug-likeness (QED) is 0.806. The molecule has 2 nitrogen and oxygen atoms in total. The zero-order chi connectivity index (χ0) is 9.14. The molecule has 0 bridgehead atoms. The van der Waals surface area contributed by atoms with Crippen LogP contribution >= 0.6 is 23.2 Å². The molecule has 0 unspecified atom stereocenters. The van der Waals surface area contributed by atoms with Crippen LogP contribution < -0.4 is 10.5 Å². The molecule has 1 aromatic rings. The highest BCUT2D eigenvalue weighted by molar-refractivity contribution is 6.35. The summed E-state index contributed by atoms with van der Waals surface area (Å²) in [6, 6.07) is 3.37. The first-order chi connectivity index (χ1) is 5.69. The normalized spacial score (nSPS) is 10.0. The Morgan fingerprint density at radius 3 is 2.58 bits per heavy atom. The number of methoxy groups -OCH3 is 1. The van der Waals surface area contributed by atoms with Crippen molar-refractivity contribution in [2.45, 2.75) is 6.54 Å². The van der Waals surface area contributed by atoms with Crippen molar-refractivity contribution >= 4 is 23.2 Å². The van der Waals surface area contributed by atoms with E-state index >= 15 is 0 Å². The first-order valence-electron chi connectivity index (χ1n) is 3.41. The van der Waals surface area contributed by atoms with E-state index in [4.69, 9.17) is 33.7 Å². The van der Waals surface area contributed by atoms with E-state index in [9.17, 15) is 0 Å². The SMILES string of the molecule is COc1c(Cl)cc(Cl)cc1CN. The third-order valence-corrected chi connectivity index (χ3v) is 2.01. The van der Waals surface area contributed by atoms with E-state index < -0.39 is 0 Å². The molecule has 0 fully saturated rings. The number of rotatable bonds is 2. The summed E-state index contributed by atoms with van der Waals surface area (Å²) in [4.78, 5) is 0. The zero-order valence-electron chi connectivity index (χ0n) is 6.60. The number of benzene rings is 1. The van der Waals surface area contributed by atoms with Crippen LogP contribution in [0, 0.1) is 0 Å². The van der Waals surface area contributed by atoms with Crippen molar-refractivity contribution in [1.82, 2.24) is 0 Å². The van der Waals surface area contributed by atoms with Gasteiger partial charge < -0.3 is 10.5 Å². The second-order valence-electron chi connectivity index (χ2n) is 2.28. The Hall–Kier alpha value is -0.440. The smallest absolute Gasteiger partial charge is 0.142 e. The van der Waals surface area contributed by atoms with Gasteiger partial charge >= 0.3 is 0 Å². The summed E-state index contributed by atoms with van der Waals surface area (Å²) in [7, 11) is 1.55. The highest BCUT2D eigenvalue weighted by atomic mass is 35.5. The van der Waals surface area contributed by atoms with Gasteiger partial charge in [-0.25, -0.2) is 0 Å². The summed E-state index contributed by atoms with van der Waals surface area (Å²) >= 11 is 11.6. The van der Waals surface area contributed by atoms with Gasteiger partial charge in [-0.15, -0.1) is 0 Å². The molecular formula is C8H9Cl2NO. The van der Waals surface area contributed by atoms with Gasteiger partial charge in [0.15, 0.2) is 0 Å². The second-order valence-corrected chi connectivity index (χ2v) is 3.13. The third kappa shape index (κ3) is 1.83. The van der Waals surface area contributed by atoms with Crippen molar-refractivity contribution in [1.29, 1.82) is 0 Å². The van der Waals surface area contributed by atoms with Crippen LogP contribution in [0.4, 0.5) is 0 Å². The summed E-state index contributed by atoms with van der Waals surface area (Å²) in [6.45, 7) is 0.365. The lowest BCUT2D eigenvalue weighted by atomic mass is 10.2. The second kappa shape index (κ2) is 3.99. The van der Waals surface area contributed by atoms with Gasteiger partial charge in [0.05, 0.1) is 12.1 Å². The molecule has 0 aromatic heterocycles. The van der Waals surface area contributed by atoms with Crippen LogP contribution in [-0.2, 0) is 6.54 Å². The number of hydrogen-bond acceptors (Lipinski definition) is 2. The number of hydrogen-bond donors (Lipinski definition) is 1. The highest BCUT2D eigenvalue weighted by Crippen LogP contribution is 2.31. The summed E-state index contributed by atoms with van der Waals surface area (Å²) in [5, 5.41) is 1.06. The summed E-state index contributed by atoms with van der Waals surface area (Å²) in [5.41, 5.74) is 6.28. The predicted molar refractivity (Wildman–Crippen MR) is 50.9 cm³/mol. The van der Waals surface area contributed by atoms with Crippen molar-refractivity contribution in [3.05, 3.63) is 27.7 Å². The molecule has 2 N–H and O–H groups in total. The van der Waals surface area contributed by atoms with Crippen LogP contribution in [0.1, 0.15) is 5.56 Å². The van der Waals surface area contributed by atoms with Crippen LogP contribution in [0.2, 0.25) is 10.0 Å². The first kappa shape index (κ1) is 9.65. The lowest BCUT2D eigenvalue weighted by Crippen LogP contribution is -2.00. The fourth-order valence-electron chi connectivity index (χ4n) is 0.994. The Morgan fingerprint density at radius 1 is 1.42 bits per heavy atom. The van der Waals surface area contributed by atoms with Crippen LogP contribution in [0.15, 0.2) is 12.1 Å². The van der Waals surface area contributed by atoms with Gasteiger partial charge in [0.2, 0.25) is 0 Å². The zero-order valence-corrected chi connectivity index (χ0v) is 8.12. The van der Waals surface area contributed by atoms with Crippen molar-refractivity contribution in [2.24, 2.45) is 5.73 Å². The Balaban J connectivity index is 3.24. The Morgan fingerprint density at radius 2 is 2.08 bits per heavy atom. The number of ether oxygens (including phenoxy) is 1. The average Bonchev–Trinajstić information content (AvgIpc) is 2.03. The molecule has 0 saturated heterocycles. The fraction of sp³-hybridized carbons (Fsp3) is 0.250. The minimum Gasteiger partial charge on any atom is -0.495 e. The van der Waals surface area contributed by atoms with E-state index in [1.807, 2.05) is 0 Å². The van der Waals surface area contributed by atoms with Gasteiger partial charge in [-0.3, -0.25) is 0 Å². The molecule has 0 saturated carbocycles. The van der Waals surface area contributed by atoms with Crippen LogP contribution in [-0.4, -0.2) is 7.11 Å². The van der Waals surface area contributed by atoms with Crippen LogP contribution in [0.25, 0.3) is 0 Å². The van der Waals surface area contributed by atoms with Crippen molar-refractivity contribution < 1.29 is 4.74 Å². The van der Waals surface area contributed by atoms with E-state index in [-0.39, 0.29) is 0 Å². The minimum absolute atomic E-state index is 0.365. The molecule has 4 heteroatoms. The molecule has 0 aliphatic carbocycles. The molecule has 0 radical (unpaired) electrons. The summed E-state index contributed by atoms with van der Waals surface area (Å²) in [6.07, 6.45) is 0. The lowest BCUT2D eigenvalue weighted by molar-refractivity contribution is 0.410. The Bertz CT molecular complexity index is 289. The molecule has 0 atom stereocenters. The van der Waals surface area contributed by atoms with E-state index in [0.29, 0.717) is 22.3 Å². The minimum atomic E-state index is 0.365. The molecular weight excluding hydrogens is 197 g/mol. The summed E-state index contributed by atoms with van der Waals surface area (Å²) in [5.74, 6) is 0.601. The largest absolute Gasteiger partial charge is 0.495 e. The molecule has 0 heterocycles. The van der Waals surface area contributed by atoms with Gasteiger partial charge in [0.25, 0.3) is 0 Å². The standard InChI is InChI=1S/C8H9Cl2NO/c1-12-8-5(4-11)2-6(9)3-7(8)10/h2-3H,4,11H2,1H3. The first-order valence-corrected chi connectivity index (χ1v) is 4.16. The molecule has 1 rings (SSSR count). The molecule has 12 heavy (non-hydrogen) atoms. The van der Waals surface area contributed by atoms with Gasteiger partial charge in [0.1, 0.15) is 5.75 Å². The van der Waals surface area contributed by atoms with Gasteiger partial charge in [-0.2, -0.15) is 0 Å². The average molecular weight is 206 g/mol. The van der Waals surface area contributed by atoms with E-state index in [1.165, 1.54) is 0 Å². The number of halogens is 2. The van der Waals surface area contributed by atoms with Crippen molar-refractivity contribution in [3.8, 4) is 5.75 Å². The van der Waals surface area contributed by atoms with Crippen molar-refractivity contribution in [3.63, 3.8) is 0 Å². The molecule has 0 amide bonds. The fourth-order valence-corrected chi connectivity index (χ4v) is 1.61. The van der Waals surface area contributed by atoms with E-state index in [2.05, 4.69) is 0 Å². The van der Waals surface area contributed by atoms with E-state index in [1.54, 1.807) is 19.2 Å². The molecule has 66 valence electrons. The van der Waals surface area contributed by atoms with Gasteiger partial charge in [-0.1, -0.05) is 23.2 Å². The topological polar surface area (TPSA) is 35.2 Å². The third-order valence-electron chi connectivity index (χ3n) is 1.51. The Labute approximate surface area is 81.2 Å². The monoisotopic (exact) mass is 205 g/mol. The summed E-state index contributed by atoms with van der Waals surface area (Å²) < 4.78 is 5.05. The maximum Gasteiger partial charge on any atom is 0.142 e. The van der Waals surface area contributed by atoms with E-state index in [0.717, 1.165) is 5.56 Å². The van der Waals surface area contributed by atoms with Crippen LogP contribution in [0.3, 0.4) is 0 Å². The Kier molecular flexibility index (Phi) is 3.20. The number of nitrogens with two attached hydrogens (primary N) is 1. The molecule has 1 aromatic carbocycles. The maximum absolute atomic E-state index is 5.85. The lowest BCUT2D eigenvalue weighted by Gasteiger charge is -2.08.